The summed E-state index contributed by atoms with van der Waals surface area (Å²) in [5, 5.41) is 12.8. The number of benzene rings is 3. The van der Waals surface area contributed by atoms with Gasteiger partial charge >= 0.3 is 5.97 Å². The van der Waals surface area contributed by atoms with Crippen molar-refractivity contribution in [3.8, 4) is 0 Å². The topological polar surface area (TPSA) is 79.3 Å². The van der Waals surface area contributed by atoms with E-state index in [1.54, 1.807) is 62.4 Å². The number of likely N-dealkylation sites (tertiary alicyclic amines) is 1. The number of rotatable bonds is 10. The summed E-state index contributed by atoms with van der Waals surface area (Å²) in [6.07, 6.45) is -0.260. The Morgan fingerprint density at radius 3 is 2.17 bits per heavy atom. The van der Waals surface area contributed by atoms with Crippen LogP contribution in [0.3, 0.4) is 0 Å². The Kier molecular flexibility index (Phi) is 9.83. The molecule has 7 nitrogen and oxygen atoms in total. The fraction of sp³-hybridized carbons (Fsp3) is 0.429. The van der Waals surface area contributed by atoms with Crippen LogP contribution >= 0.6 is 23.2 Å². The van der Waals surface area contributed by atoms with Crippen molar-refractivity contribution in [3.05, 3.63) is 104 Å². The Hall–Kier alpha value is -3.08. The Labute approximate surface area is 278 Å². The molecular formula is C35H38Cl2F2N2O5. The van der Waals surface area contributed by atoms with Crippen molar-refractivity contribution >= 4 is 35.1 Å². The Morgan fingerprint density at radius 2 is 1.63 bits per heavy atom. The van der Waals surface area contributed by atoms with Gasteiger partial charge in [-0.15, -0.1) is 0 Å². The molecule has 0 spiro atoms. The predicted octanol–water partition coefficient (Wildman–Crippen LogP) is 7.16. The minimum absolute atomic E-state index is 0.0388. The van der Waals surface area contributed by atoms with Gasteiger partial charge in [0.2, 0.25) is 0 Å². The zero-order valence-electron chi connectivity index (χ0n) is 26.3. The third-order valence-corrected chi connectivity index (χ3v) is 9.99. The van der Waals surface area contributed by atoms with Gasteiger partial charge in [-0.1, -0.05) is 54.4 Å². The van der Waals surface area contributed by atoms with Crippen molar-refractivity contribution in [1.82, 2.24) is 9.80 Å². The molecule has 2 aliphatic rings. The van der Waals surface area contributed by atoms with Gasteiger partial charge in [-0.2, -0.15) is 0 Å². The van der Waals surface area contributed by atoms with Crippen LogP contribution in [0.2, 0.25) is 10.0 Å². The number of ether oxygens (including phenoxy) is 2. The van der Waals surface area contributed by atoms with Crippen LogP contribution in [0, 0.1) is 5.82 Å². The number of hydrogen-bond donors (Lipinski definition) is 1. The van der Waals surface area contributed by atoms with Crippen LogP contribution in [-0.4, -0.2) is 66.3 Å². The highest BCUT2D eigenvalue weighted by Gasteiger charge is 2.58. The Bertz CT molecular complexity index is 1600. The maximum Gasteiger partial charge on any atom is 0.308 e. The average molecular weight is 676 g/mol. The number of nitrogens with zero attached hydrogens (tertiary/aromatic N) is 2. The van der Waals surface area contributed by atoms with Gasteiger partial charge in [0, 0.05) is 35.8 Å². The first kappa shape index (κ1) is 34.3. The maximum absolute atomic E-state index is 16.8. The Morgan fingerprint density at radius 1 is 1.04 bits per heavy atom. The molecule has 46 heavy (non-hydrogen) atoms. The number of alkyl halides is 1. The molecule has 1 amide bonds. The highest BCUT2D eigenvalue weighted by molar-refractivity contribution is 6.30. The molecule has 2 aliphatic heterocycles. The molecule has 3 aromatic rings. The molecule has 246 valence electrons. The van der Waals surface area contributed by atoms with Gasteiger partial charge in [-0.25, -0.2) is 8.78 Å². The summed E-state index contributed by atoms with van der Waals surface area (Å²) in [7, 11) is 3.22. The van der Waals surface area contributed by atoms with Crippen molar-refractivity contribution < 1.29 is 33.0 Å². The number of carbonyl (C=O) groups excluding carboxylic acids is 2. The fourth-order valence-electron chi connectivity index (χ4n) is 6.98. The van der Waals surface area contributed by atoms with Crippen LogP contribution in [0.5, 0.6) is 0 Å². The molecule has 1 fully saturated rings. The number of carbonyl (C=O) groups is 2. The van der Waals surface area contributed by atoms with Crippen LogP contribution in [0.15, 0.2) is 60.7 Å². The first-order valence-electron chi connectivity index (χ1n) is 15.4. The minimum Gasteiger partial charge on any atom is -0.466 e. The molecule has 1 N–H and O–H groups in total. The number of aliphatic hydroxyl groups is 1. The average Bonchev–Trinajstić information content (AvgIpc) is 3.30. The highest BCUT2D eigenvalue weighted by atomic mass is 35.5. The first-order chi connectivity index (χ1) is 21.8. The monoisotopic (exact) mass is 674 g/mol. The molecule has 5 rings (SSSR count). The molecule has 3 atom stereocenters. The zero-order valence-corrected chi connectivity index (χ0v) is 27.8. The summed E-state index contributed by atoms with van der Waals surface area (Å²) in [5.41, 5.74) is -5.40. The lowest BCUT2D eigenvalue weighted by Gasteiger charge is -2.46. The van der Waals surface area contributed by atoms with Crippen molar-refractivity contribution in [1.29, 1.82) is 0 Å². The van der Waals surface area contributed by atoms with E-state index in [2.05, 4.69) is 0 Å². The largest absolute Gasteiger partial charge is 0.466 e. The standard InChI is InChI=1S/C35H38Cl2F2N2O5/c1-5-34(44,33(39)15-17-40(3)18-16-33)24-19-27-31(28(38)20-24)35(45-4,23-9-13-26(37)14-10-23)41(32(27)43)29(21-30(42)46-6-2)22-7-11-25(36)12-8-22/h7-14,19-20,29,44H,5-6,15-18,21H2,1-4H3/t29-,34?,35?/m0/s1. The van der Waals surface area contributed by atoms with E-state index in [0.29, 0.717) is 34.3 Å². The molecule has 2 unspecified atom stereocenters. The smallest absolute Gasteiger partial charge is 0.308 e. The summed E-state index contributed by atoms with van der Waals surface area (Å²) in [6.45, 7) is 4.26. The van der Waals surface area contributed by atoms with E-state index in [4.69, 9.17) is 32.7 Å². The fourth-order valence-corrected chi connectivity index (χ4v) is 7.23. The molecule has 2 heterocycles. The maximum atomic E-state index is 16.8. The lowest BCUT2D eigenvalue weighted by molar-refractivity contribution is -0.148. The molecule has 1 saturated heterocycles. The van der Waals surface area contributed by atoms with E-state index in [1.165, 1.54) is 18.1 Å². The van der Waals surface area contributed by atoms with Crippen molar-refractivity contribution in [2.24, 2.45) is 0 Å². The molecular weight excluding hydrogens is 637 g/mol. The van der Waals surface area contributed by atoms with Crippen LogP contribution in [0.25, 0.3) is 0 Å². The number of esters is 1. The van der Waals surface area contributed by atoms with Crippen molar-refractivity contribution in [3.63, 3.8) is 0 Å². The SMILES string of the molecule is CCOC(=O)C[C@@H](c1ccc(Cl)cc1)N1C(=O)c2cc(C(O)(CC)C3(F)CCN(C)CC3)cc(F)c2C1(OC)c1ccc(Cl)cc1. The summed E-state index contributed by atoms with van der Waals surface area (Å²) in [5.74, 6) is -2.13. The number of piperidine rings is 1. The first-order valence-corrected chi connectivity index (χ1v) is 16.1. The van der Waals surface area contributed by atoms with Gasteiger partial charge < -0.3 is 19.5 Å². The predicted molar refractivity (Wildman–Crippen MR) is 172 cm³/mol. The number of methoxy groups -OCH3 is 1. The Balaban J connectivity index is 1.76. The van der Waals surface area contributed by atoms with E-state index in [-0.39, 0.29) is 49.0 Å². The van der Waals surface area contributed by atoms with Crippen LogP contribution < -0.4 is 0 Å². The minimum atomic E-state index is -2.08. The molecule has 11 heteroatoms. The van der Waals surface area contributed by atoms with E-state index < -0.39 is 40.7 Å². The number of amides is 1. The molecule has 0 saturated carbocycles. The molecule has 0 bridgehead atoms. The van der Waals surface area contributed by atoms with Gasteiger partial charge in [-0.3, -0.25) is 14.5 Å². The van der Waals surface area contributed by atoms with E-state index in [1.807, 2.05) is 11.9 Å². The summed E-state index contributed by atoms with van der Waals surface area (Å²) in [4.78, 5) is 31.1. The summed E-state index contributed by atoms with van der Waals surface area (Å²) < 4.78 is 45.0. The second kappa shape index (κ2) is 13.2. The second-order valence-electron chi connectivity index (χ2n) is 12.0. The molecule has 0 aliphatic carbocycles. The van der Waals surface area contributed by atoms with Crippen LogP contribution in [0.1, 0.15) is 78.2 Å². The normalized spacial score (nSPS) is 21.5. The zero-order chi connectivity index (χ0) is 33.4. The molecule has 0 radical (unpaired) electrons. The summed E-state index contributed by atoms with van der Waals surface area (Å²) >= 11 is 12.4. The van der Waals surface area contributed by atoms with Crippen LogP contribution in [0.4, 0.5) is 8.78 Å². The summed E-state index contributed by atoms with van der Waals surface area (Å²) in [6, 6.07) is 14.5. The second-order valence-corrected chi connectivity index (χ2v) is 12.8. The van der Waals surface area contributed by atoms with Gasteiger partial charge in [0.05, 0.1) is 30.2 Å². The van der Waals surface area contributed by atoms with Crippen molar-refractivity contribution in [2.75, 3.05) is 33.9 Å². The van der Waals surface area contributed by atoms with Gasteiger partial charge in [0.1, 0.15) is 17.1 Å². The van der Waals surface area contributed by atoms with Gasteiger partial charge in [-0.05, 0) is 80.8 Å². The lowest BCUT2D eigenvalue weighted by atomic mass is 9.71. The lowest BCUT2D eigenvalue weighted by Crippen LogP contribution is -2.54. The number of hydrogen-bond acceptors (Lipinski definition) is 6. The van der Waals surface area contributed by atoms with Crippen LogP contribution in [-0.2, 0) is 25.6 Å². The van der Waals surface area contributed by atoms with Gasteiger partial charge in [0.15, 0.2) is 5.72 Å². The molecule has 3 aromatic carbocycles. The van der Waals surface area contributed by atoms with E-state index in [0.717, 1.165) is 6.07 Å². The van der Waals surface area contributed by atoms with E-state index in [9.17, 15) is 14.7 Å². The number of fused-ring (bicyclic) bond motifs is 1. The third-order valence-electron chi connectivity index (χ3n) is 9.49. The van der Waals surface area contributed by atoms with Gasteiger partial charge in [0.25, 0.3) is 5.91 Å². The quantitative estimate of drug-likeness (QED) is 0.230. The van der Waals surface area contributed by atoms with E-state index >= 15 is 8.78 Å². The molecule has 0 aromatic heterocycles. The number of halogens is 4. The highest BCUT2D eigenvalue weighted by Crippen LogP contribution is 2.53. The third kappa shape index (κ3) is 5.70. The van der Waals surface area contributed by atoms with Crippen molar-refractivity contribution in [2.45, 2.75) is 62.6 Å².